The summed E-state index contributed by atoms with van der Waals surface area (Å²) in [6.07, 6.45) is 0. The predicted molar refractivity (Wildman–Crippen MR) is 85.9 cm³/mol. The number of methoxy groups -OCH3 is 2. The molecule has 4 heteroatoms. The van der Waals surface area contributed by atoms with Crippen molar-refractivity contribution in [3.05, 3.63) is 52.6 Å². The minimum absolute atomic E-state index is 0.239. The molecular weight excluding hydrogens is 278 g/mol. The molecule has 1 heterocycles. The Bertz CT molecular complexity index is 697. The maximum Gasteiger partial charge on any atom is 0.161 e. The normalized spacial score (nSPS) is 17.0. The van der Waals surface area contributed by atoms with Crippen LogP contribution in [0.3, 0.4) is 0 Å². The number of aryl methyl sites for hydroxylation is 1. The first-order valence-corrected chi connectivity index (χ1v) is 7.39. The molecule has 0 amide bonds. The van der Waals surface area contributed by atoms with E-state index < -0.39 is 0 Å². The Morgan fingerprint density at radius 2 is 1.82 bits per heavy atom. The molecule has 3 rings (SSSR count). The van der Waals surface area contributed by atoms with Crippen molar-refractivity contribution < 1.29 is 14.6 Å². The molecule has 0 saturated carbocycles. The Balaban J connectivity index is 2.08. The molecule has 2 aromatic carbocycles. The van der Waals surface area contributed by atoms with E-state index in [1.807, 2.05) is 25.1 Å². The number of rotatable bonds is 3. The Labute approximate surface area is 130 Å². The zero-order valence-electron chi connectivity index (χ0n) is 13.1. The molecule has 0 radical (unpaired) electrons. The lowest BCUT2D eigenvalue weighted by molar-refractivity contribution is 0.353. The average Bonchev–Trinajstić information content (AvgIpc) is 2.55. The third kappa shape index (κ3) is 2.50. The Morgan fingerprint density at radius 1 is 1.09 bits per heavy atom. The smallest absolute Gasteiger partial charge is 0.161 e. The van der Waals surface area contributed by atoms with Gasteiger partial charge in [-0.15, -0.1) is 0 Å². The summed E-state index contributed by atoms with van der Waals surface area (Å²) in [5, 5.41) is 13.2. The monoisotopic (exact) mass is 299 g/mol. The van der Waals surface area contributed by atoms with Crippen molar-refractivity contribution in [1.29, 1.82) is 0 Å². The van der Waals surface area contributed by atoms with Gasteiger partial charge in [0.05, 0.1) is 14.2 Å². The van der Waals surface area contributed by atoms with Gasteiger partial charge in [-0.25, -0.2) is 0 Å². The molecule has 0 saturated heterocycles. The fraction of sp³-hybridized carbons (Fsp3) is 0.333. The van der Waals surface area contributed by atoms with Gasteiger partial charge in [0.2, 0.25) is 0 Å². The van der Waals surface area contributed by atoms with Crippen LogP contribution in [0.15, 0.2) is 30.3 Å². The van der Waals surface area contributed by atoms with Crippen LogP contribution in [0, 0.1) is 6.92 Å². The number of hydrogen-bond donors (Lipinski definition) is 2. The number of phenols is 1. The molecule has 2 N–H and O–H groups in total. The largest absolute Gasteiger partial charge is 0.508 e. The van der Waals surface area contributed by atoms with E-state index in [1.165, 1.54) is 16.7 Å². The highest BCUT2D eigenvalue weighted by Crippen LogP contribution is 2.38. The summed E-state index contributed by atoms with van der Waals surface area (Å²) in [5.74, 6) is 2.08. The van der Waals surface area contributed by atoms with Gasteiger partial charge in [0.15, 0.2) is 11.5 Å². The third-order valence-electron chi connectivity index (χ3n) is 4.31. The average molecular weight is 299 g/mol. The second-order valence-corrected chi connectivity index (χ2v) is 5.64. The van der Waals surface area contributed by atoms with Gasteiger partial charge in [0, 0.05) is 19.0 Å². The van der Waals surface area contributed by atoms with Crippen molar-refractivity contribution in [2.24, 2.45) is 0 Å². The van der Waals surface area contributed by atoms with Gasteiger partial charge in [0.1, 0.15) is 5.75 Å². The highest BCUT2D eigenvalue weighted by atomic mass is 16.5. The highest BCUT2D eigenvalue weighted by Gasteiger charge is 2.24. The van der Waals surface area contributed by atoms with Gasteiger partial charge in [-0.2, -0.15) is 0 Å². The molecule has 22 heavy (non-hydrogen) atoms. The van der Waals surface area contributed by atoms with E-state index >= 15 is 0 Å². The van der Waals surface area contributed by atoms with Crippen molar-refractivity contribution in [2.75, 3.05) is 20.8 Å². The minimum Gasteiger partial charge on any atom is -0.508 e. The van der Waals surface area contributed by atoms with Crippen LogP contribution in [0.4, 0.5) is 0 Å². The van der Waals surface area contributed by atoms with Crippen molar-refractivity contribution in [1.82, 2.24) is 5.32 Å². The molecule has 1 aliphatic rings. The number of aromatic hydroxyl groups is 1. The second-order valence-electron chi connectivity index (χ2n) is 5.64. The van der Waals surface area contributed by atoms with E-state index in [4.69, 9.17) is 9.47 Å². The summed E-state index contributed by atoms with van der Waals surface area (Å²) in [5.41, 5.74) is 4.56. The molecule has 0 bridgehead atoms. The number of ether oxygens (including phenoxy) is 2. The van der Waals surface area contributed by atoms with E-state index in [0.29, 0.717) is 5.75 Å². The minimum atomic E-state index is 0.239. The lowest BCUT2D eigenvalue weighted by atomic mass is 9.84. The summed E-state index contributed by atoms with van der Waals surface area (Å²) in [7, 11) is 3.31. The summed E-state index contributed by atoms with van der Waals surface area (Å²) < 4.78 is 10.8. The molecule has 1 aliphatic heterocycles. The summed E-state index contributed by atoms with van der Waals surface area (Å²) in [4.78, 5) is 0. The van der Waals surface area contributed by atoms with Gasteiger partial charge in [-0.1, -0.05) is 12.1 Å². The van der Waals surface area contributed by atoms with Crippen LogP contribution in [-0.4, -0.2) is 25.9 Å². The molecule has 116 valence electrons. The van der Waals surface area contributed by atoms with Crippen molar-refractivity contribution in [2.45, 2.75) is 19.4 Å². The fourth-order valence-corrected chi connectivity index (χ4v) is 3.07. The van der Waals surface area contributed by atoms with E-state index in [2.05, 4.69) is 11.4 Å². The molecule has 0 aromatic heterocycles. The van der Waals surface area contributed by atoms with E-state index in [0.717, 1.165) is 30.2 Å². The van der Waals surface area contributed by atoms with Crippen molar-refractivity contribution >= 4 is 0 Å². The number of nitrogens with one attached hydrogen (secondary N) is 1. The molecule has 0 spiro atoms. The standard InChI is InChI=1S/C18H21NO3/c1-11-6-12(4-5-16(11)20)15-10-19-9-13-7-17(21-2)18(22-3)8-14(13)15/h4-8,15,19-20H,9-10H2,1-3H3. The quantitative estimate of drug-likeness (QED) is 0.915. The van der Waals surface area contributed by atoms with E-state index in [1.54, 1.807) is 20.3 Å². The number of fused-ring (bicyclic) bond motifs is 1. The lowest BCUT2D eigenvalue weighted by Gasteiger charge is -2.28. The molecule has 0 aliphatic carbocycles. The fourth-order valence-electron chi connectivity index (χ4n) is 3.07. The first-order chi connectivity index (χ1) is 10.6. The molecule has 2 aromatic rings. The zero-order valence-corrected chi connectivity index (χ0v) is 13.1. The number of phenolic OH excluding ortho intramolecular Hbond substituents is 1. The Kier molecular flexibility index (Phi) is 3.94. The first kappa shape index (κ1) is 14.7. The summed E-state index contributed by atoms with van der Waals surface area (Å²) in [6.45, 7) is 3.61. The van der Waals surface area contributed by atoms with Crippen LogP contribution in [0.2, 0.25) is 0 Å². The second kappa shape index (κ2) is 5.89. The van der Waals surface area contributed by atoms with Crippen LogP contribution in [0.5, 0.6) is 17.2 Å². The Hall–Kier alpha value is -2.20. The summed E-state index contributed by atoms with van der Waals surface area (Å²) in [6, 6.07) is 9.91. The summed E-state index contributed by atoms with van der Waals surface area (Å²) >= 11 is 0. The molecular formula is C18H21NO3. The van der Waals surface area contributed by atoms with Crippen LogP contribution >= 0.6 is 0 Å². The molecule has 1 unspecified atom stereocenters. The topological polar surface area (TPSA) is 50.7 Å². The van der Waals surface area contributed by atoms with Gasteiger partial charge in [-0.3, -0.25) is 0 Å². The van der Waals surface area contributed by atoms with E-state index in [9.17, 15) is 5.11 Å². The van der Waals surface area contributed by atoms with Gasteiger partial charge in [0.25, 0.3) is 0 Å². The van der Waals surface area contributed by atoms with Crippen LogP contribution < -0.4 is 14.8 Å². The maximum absolute atomic E-state index is 9.74. The first-order valence-electron chi connectivity index (χ1n) is 7.39. The Morgan fingerprint density at radius 3 is 2.50 bits per heavy atom. The molecule has 1 atom stereocenters. The van der Waals surface area contributed by atoms with E-state index in [-0.39, 0.29) is 5.92 Å². The zero-order chi connectivity index (χ0) is 15.7. The van der Waals surface area contributed by atoms with Gasteiger partial charge in [-0.05, 0) is 47.4 Å². The predicted octanol–water partition coefficient (Wildman–Crippen LogP) is 2.95. The van der Waals surface area contributed by atoms with Crippen molar-refractivity contribution in [3.8, 4) is 17.2 Å². The lowest BCUT2D eigenvalue weighted by Crippen LogP contribution is -2.29. The van der Waals surface area contributed by atoms with Gasteiger partial charge < -0.3 is 19.9 Å². The SMILES string of the molecule is COc1cc2c(cc1OC)C(c1ccc(O)c(C)c1)CNC2. The highest BCUT2D eigenvalue weighted by molar-refractivity contribution is 5.52. The maximum atomic E-state index is 9.74. The van der Waals surface area contributed by atoms with Crippen LogP contribution in [0.25, 0.3) is 0 Å². The number of hydrogen-bond acceptors (Lipinski definition) is 4. The molecule has 4 nitrogen and oxygen atoms in total. The number of benzene rings is 2. The van der Waals surface area contributed by atoms with Crippen molar-refractivity contribution in [3.63, 3.8) is 0 Å². The third-order valence-corrected chi connectivity index (χ3v) is 4.31. The van der Waals surface area contributed by atoms with Crippen LogP contribution in [0.1, 0.15) is 28.2 Å². The molecule has 0 fully saturated rings. The van der Waals surface area contributed by atoms with Gasteiger partial charge >= 0.3 is 0 Å². The van der Waals surface area contributed by atoms with Crippen LogP contribution in [-0.2, 0) is 6.54 Å².